The Hall–Kier alpha value is -0.530. The Labute approximate surface area is 110 Å². The van der Waals surface area contributed by atoms with E-state index < -0.39 is 0 Å². The molecule has 0 saturated carbocycles. The Morgan fingerprint density at radius 1 is 1.24 bits per heavy atom. The van der Waals surface area contributed by atoms with Gasteiger partial charge in [-0.25, -0.2) is 0 Å². The van der Waals surface area contributed by atoms with E-state index in [1.54, 1.807) is 0 Å². The van der Waals surface area contributed by atoms with Crippen molar-refractivity contribution in [3.8, 4) is 0 Å². The molecule has 0 bridgehead atoms. The highest BCUT2D eigenvalue weighted by molar-refractivity contribution is 6.32. The summed E-state index contributed by atoms with van der Waals surface area (Å²) < 4.78 is 5.16. The average Bonchev–Trinajstić information content (AvgIpc) is 2.31. The van der Waals surface area contributed by atoms with Gasteiger partial charge >= 0.3 is 0 Å². The number of morpholine rings is 1. The third kappa shape index (κ3) is 6.70. The van der Waals surface area contributed by atoms with Crippen LogP contribution in [-0.2, 0) is 4.74 Å². The highest BCUT2D eigenvalue weighted by atomic mass is 35.5. The fourth-order valence-corrected chi connectivity index (χ4v) is 1.60. The molecule has 1 saturated heterocycles. The van der Waals surface area contributed by atoms with Crippen molar-refractivity contribution in [2.75, 3.05) is 39.4 Å². The van der Waals surface area contributed by atoms with E-state index in [0.29, 0.717) is 0 Å². The zero-order valence-electron chi connectivity index (χ0n) is 9.35. The van der Waals surface area contributed by atoms with E-state index in [2.05, 4.69) is 20.3 Å². The summed E-state index contributed by atoms with van der Waals surface area (Å²) in [5, 5.41) is 10.4. The Bertz CT molecular complexity index is 302. The predicted molar refractivity (Wildman–Crippen MR) is 66.2 cm³/mol. The van der Waals surface area contributed by atoms with Crippen LogP contribution in [0.15, 0.2) is 6.07 Å². The molecule has 0 aliphatic carbocycles. The zero-order chi connectivity index (χ0) is 12.5. The first-order valence-corrected chi connectivity index (χ1v) is 5.99. The third-order valence-corrected chi connectivity index (χ3v) is 2.44. The summed E-state index contributed by atoms with van der Waals surface area (Å²) in [4.78, 5) is 2.32. The van der Waals surface area contributed by atoms with Crippen LogP contribution in [0.1, 0.15) is 0 Å². The molecular weight excluding hydrogens is 265 g/mol. The van der Waals surface area contributed by atoms with Gasteiger partial charge in [0.15, 0.2) is 10.3 Å². The van der Waals surface area contributed by atoms with E-state index in [1.165, 1.54) is 6.07 Å². The van der Waals surface area contributed by atoms with Crippen LogP contribution in [0, 0.1) is 0 Å². The minimum atomic E-state index is 0.255. The molecule has 0 unspecified atom stereocenters. The van der Waals surface area contributed by atoms with Crippen LogP contribution in [0.25, 0.3) is 0 Å². The van der Waals surface area contributed by atoms with E-state index >= 15 is 0 Å². The van der Waals surface area contributed by atoms with Crippen molar-refractivity contribution in [1.29, 1.82) is 0 Å². The maximum atomic E-state index is 5.38. The lowest BCUT2D eigenvalue weighted by Crippen LogP contribution is -2.39. The third-order valence-electron chi connectivity index (χ3n) is 2.07. The second kappa shape index (κ2) is 8.54. The van der Waals surface area contributed by atoms with Gasteiger partial charge in [-0.3, -0.25) is 4.90 Å². The van der Waals surface area contributed by atoms with Gasteiger partial charge in [-0.2, -0.15) is 0 Å². The summed E-state index contributed by atoms with van der Waals surface area (Å²) in [7, 11) is 0. The van der Waals surface area contributed by atoms with Crippen LogP contribution in [0.5, 0.6) is 0 Å². The number of rotatable bonds is 2. The summed E-state index contributed by atoms with van der Waals surface area (Å²) in [5.74, 6) is 0. The molecule has 96 valence electrons. The first-order valence-electron chi connectivity index (χ1n) is 5.24. The van der Waals surface area contributed by atoms with Crippen LogP contribution in [0.3, 0.4) is 0 Å². The first kappa shape index (κ1) is 14.5. The lowest BCUT2D eigenvalue weighted by molar-refractivity contribution is 0.0394. The van der Waals surface area contributed by atoms with Crippen LogP contribution in [-0.4, -0.2) is 59.7 Å². The number of ether oxygens (including phenoxy) is 1. The van der Waals surface area contributed by atoms with E-state index in [0.717, 1.165) is 39.4 Å². The van der Waals surface area contributed by atoms with Gasteiger partial charge in [-0.1, -0.05) is 23.2 Å². The molecule has 0 aromatic carbocycles. The lowest BCUT2D eigenvalue weighted by Gasteiger charge is -2.25. The molecule has 1 aliphatic rings. The normalized spacial score (nSPS) is 16.2. The summed E-state index contributed by atoms with van der Waals surface area (Å²) in [6.07, 6.45) is 0. The van der Waals surface area contributed by atoms with Gasteiger partial charge in [-0.15, -0.1) is 10.2 Å². The van der Waals surface area contributed by atoms with Crippen LogP contribution < -0.4 is 5.73 Å². The molecule has 2 heterocycles. The zero-order valence-corrected chi connectivity index (χ0v) is 10.9. The monoisotopic (exact) mass is 279 g/mol. The summed E-state index contributed by atoms with van der Waals surface area (Å²) in [6, 6.07) is 1.41. The predicted octanol–water partition coefficient (Wildman–Crippen LogP) is 0.456. The Balaban J connectivity index is 0.000000171. The smallest absolute Gasteiger partial charge is 0.156 e. The molecule has 8 heteroatoms. The van der Waals surface area contributed by atoms with E-state index in [-0.39, 0.29) is 10.3 Å². The SMILES string of the molecule is Clc1cc(Cl)nnn1.NCCN1CCOCC1. The molecule has 6 nitrogen and oxygen atoms in total. The number of halogens is 2. The summed E-state index contributed by atoms with van der Waals surface area (Å²) in [5.41, 5.74) is 5.38. The fraction of sp³-hybridized carbons (Fsp3) is 0.667. The van der Waals surface area contributed by atoms with Gasteiger partial charge < -0.3 is 10.5 Å². The van der Waals surface area contributed by atoms with E-state index in [4.69, 9.17) is 33.7 Å². The lowest BCUT2D eigenvalue weighted by atomic mass is 10.4. The van der Waals surface area contributed by atoms with Crippen molar-refractivity contribution in [1.82, 2.24) is 20.3 Å². The van der Waals surface area contributed by atoms with Gasteiger partial charge in [0, 0.05) is 32.2 Å². The molecule has 0 atom stereocenters. The topological polar surface area (TPSA) is 77.2 Å². The Morgan fingerprint density at radius 3 is 2.24 bits per heavy atom. The number of hydrogen-bond acceptors (Lipinski definition) is 6. The van der Waals surface area contributed by atoms with Gasteiger partial charge in [0.25, 0.3) is 0 Å². The van der Waals surface area contributed by atoms with Crippen molar-refractivity contribution in [3.05, 3.63) is 16.4 Å². The second-order valence-corrected chi connectivity index (χ2v) is 4.10. The van der Waals surface area contributed by atoms with Crippen LogP contribution in [0.2, 0.25) is 10.3 Å². The molecule has 17 heavy (non-hydrogen) atoms. The van der Waals surface area contributed by atoms with E-state index in [1.807, 2.05) is 0 Å². The van der Waals surface area contributed by atoms with E-state index in [9.17, 15) is 0 Å². The standard InChI is InChI=1S/C6H14N2O.C3HCl2N3/c7-1-2-8-3-5-9-6-4-8;4-2-1-3(5)7-8-6-2/h1-7H2;1H. The number of aromatic nitrogens is 3. The number of nitrogens with two attached hydrogens (primary N) is 1. The maximum absolute atomic E-state index is 5.38. The van der Waals surface area contributed by atoms with Crippen molar-refractivity contribution >= 4 is 23.2 Å². The van der Waals surface area contributed by atoms with Gasteiger partial charge in [-0.05, 0) is 5.21 Å². The van der Waals surface area contributed by atoms with Gasteiger partial charge in [0.2, 0.25) is 0 Å². The summed E-state index contributed by atoms with van der Waals surface area (Å²) in [6.45, 7) is 5.64. The molecule has 0 spiro atoms. The molecule has 2 N–H and O–H groups in total. The van der Waals surface area contributed by atoms with Crippen LogP contribution >= 0.6 is 23.2 Å². The number of nitrogens with zero attached hydrogens (tertiary/aromatic N) is 4. The van der Waals surface area contributed by atoms with Gasteiger partial charge in [0.05, 0.1) is 13.2 Å². The number of hydrogen-bond donors (Lipinski definition) is 1. The highest BCUT2D eigenvalue weighted by Crippen LogP contribution is 2.06. The highest BCUT2D eigenvalue weighted by Gasteiger charge is 2.07. The quantitative estimate of drug-likeness (QED) is 0.847. The second-order valence-electron chi connectivity index (χ2n) is 3.32. The molecule has 0 amide bonds. The van der Waals surface area contributed by atoms with Crippen molar-refractivity contribution < 1.29 is 4.74 Å². The minimum absolute atomic E-state index is 0.255. The molecule has 1 aliphatic heterocycles. The maximum Gasteiger partial charge on any atom is 0.156 e. The Morgan fingerprint density at radius 2 is 1.82 bits per heavy atom. The first-order chi connectivity index (χ1) is 8.22. The van der Waals surface area contributed by atoms with Crippen molar-refractivity contribution in [3.63, 3.8) is 0 Å². The largest absolute Gasteiger partial charge is 0.379 e. The van der Waals surface area contributed by atoms with Crippen molar-refractivity contribution in [2.45, 2.75) is 0 Å². The van der Waals surface area contributed by atoms with Crippen molar-refractivity contribution in [2.24, 2.45) is 5.73 Å². The van der Waals surface area contributed by atoms with Crippen LogP contribution in [0.4, 0.5) is 0 Å². The summed E-state index contributed by atoms with van der Waals surface area (Å²) >= 11 is 10.7. The molecule has 2 rings (SSSR count). The average molecular weight is 280 g/mol. The molecule has 1 fully saturated rings. The molecular formula is C9H15Cl2N5O. The minimum Gasteiger partial charge on any atom is -0.379 e. The molecule has 1 aromatic rings. The molecule has 0 radical (unpaired) electrons. The molecule has 1 aromatic heterocycles. The van der Waals surface area contributed by atoms with Gasteiger partial charge in [0.1, 0.15) is 0 Å². The fourth-order valence-electron chi connectivity index (χ4n) is 1.27. The Kier molecular flexibility index (Phi) is 7.30.